The molecule has 138 valence electrons. The molecule has 0 saturated carbocycles. The third-order valence-corrected chi connectivity index (χ3v) is 5.15. The Morgan fingerprint density at radius 2 is 1.77 bits per heavy atom. The maximum absolute atomic E-state index is 13.1. The van der Waals surface area contributed by atoms with E-state index in [4.69, 9.17) is 0 Å². The van der Waals surface area contributed by atoms with Crippen LogP contribution >= 0.6 is 0 Å². The molecule has 0 fully saturated rings. The van der Waals surface area contributed by atoms with Gasteiger partial charge in [0.15, 0.2) is 0 Å². The number of hydrogen-bond acceptors (Lipinski definition) is 2. The highest BCUT2D eigenvalue weighted by Crippen LogP contribution is 2.22. The summed E-state index contributed by atoms with van der Waals surface area (Å²) in [4.78, 5) is 14.4. The van der Waals surface area contributed by atoms with Gasteiger partial charge in [0.25, 0.3) is 0 Å². The van der Waals surface area contributed by atoms with Gasteiger partial charge < -0.3 is 10.2 Å². The normalized spacial score (nSPS) is 14.8. The van der Waals surface area contributed by atoms with Gasteiger partial charge in [-0.05, 0) is 74.2 Å². The van der Waals surface area contributed by atoms with E-state index in [-0.39, 0.29) is 17.8 Å². The molecule has 1 unspecified atom stereocenters. The van der Waals surface area contributed by atoms with Crippen LogP contribution in [0, 0.1) is 5.82 Å². The fourth-order valence-electron chi connectivity index (χ4n) is 3.64. The van der Waals surface area contributed by atoms with Gasteiger partial charge in [0, 0.05) is 6.54 Å². The molecule has 2 aromatic carbocycles. The van der Waals surface area contributed by atoms with Gasteiger partial charge in [-0.3, -0.25) is 4.79 Å². The second-order valence-corrected chi connectivity index (χ2v) is 7.32. The zero-order chi connectivity index (χ0) is 18.5. The predicted octanol–water partition coefficient (Wildman–Crippen LogP) is 3.67. The maximum Gasteiger partial charge on any atom is 0.224 e. The summed E-state index contributed by atoms with van der Waals surface area (Å²) in [6.45, 7) is 0.502. The summed E-state index contributed by atoms with van der Waals surface area (Å²) in [5.41, 5.74) is 4.90. The number of aryl methyl sites for hydroxylation is 2. The molecule has 0 aromatic heterocycles. The van der Waals surface area contributed by atoms with Crippen molar-refractivity contribution in [2.24, 2.45) is 0 Å². The Labute approximate surface area is 155 Å². The number of nitrogens with one attached hydrogen (secondary N) is 1. The zero-order valence-electron chi connectivity index (χ0n) is 15.6. The van der Waals surface area contributed by atoms with Crippen LogP contribution in [-0.2, 0) is 24.1 Å². The van der Waals surface area contributed by atoms with E-state index >= 15 is 0 Å². The Hall–Kier alpha value is -2.20. The van der Waals surface area contributed by atoms with Crippen LogP contribution in [0.25, 0.3) is 0 Å². The third kappa shape index (κ3) is 4.70. The van der Waals surface area contributed by atoms with Crippen molar-refractivity contribution in [2.45, 2.75) is 38.1 Å². The van der Waals surface area contributed by atoms with Crippen molar-refractivity contribution >= 4 is 5.91 Å². The van der Waals surface area contributed by atoms with Gasteiger partial charge in [-0.1, -0.05) is 30.3 Å². The van der Waals surface area contributed by atoms with Crippen LogP contribution in [0.5, 0.6) is 0 Å². The molecule has 1 N–H and O–H groups in total. The summed E-state index contributed by atoms with van der Waals surface area (Å²) < 4.78 is 13.1. The Balaban J connectivity index is 1.59. The fourth-order valence-corrected chi connectivity index (χ4v) is 3.64. The molecule has 0 aliphatic heterocycles. The Kier molecular flexibility index (Phi) is 6.04. The largest absolute Gasteiger partial charge is 0.354 e. The number of rotatable bonds is 6. The van der Waals surface area contributed by atoms with E-state index in [0.29, 0.717) is 13.0 Å². The second-order valence-electron chi connectivity index (χ2n) is 7.32. The number of carbonyl (C=O) groups excluding carboxylic acids is 1. The van der Waals surface area contributed by atoms with Crippen molar-refractivity contribution in [2.75, 3.05) is 20.6 Å². The fraction of sp³-hybridized carbons (Fsp3) is 0.409. The van der Waals surface area contributed by atoms with Gasteiger partial charge >= 0.3 is 0 Å². The van der Waals surface area contributed by atoms with Crippen LogP contribution in [0.15, 0.2) is 42.5 Å². The molecule has 3 rings (SSSR count). The molecule has 0 bridgehead atoms. The van der Waals surface area contributed by atoms with Crippen LogP contribution < -0.4 is 5.32 Å². The summed E-state index contributed by atoms with van der Waals surface area (Å²) in [6, 6.07) is 12.9. The summed E-state index contributed by atoms with van der Waals surface area (Å²) in [6.07, 6.45) is 5.19. The standard InChI is InChI=1S/C22H27FN2O/c1-25(2)21(18-9-11-20(23)12-10-18)15-24-22(26)14-16-7-8-17-5-3-4-6-19(17)13-16/h7-13,21H,3-6,14-15H2,1-2H3,(H,24,26). The van der Waals surface area contributed by atoms with Gasteiger partial charge in [0.05, 0.1) is 12.5 Å². The molecule has 1 aliphatic carbocycles. The van der Waals surface area contributed by atoms with E-state index in [1.807, 2.05) is 19.0 Å². The molecule has 0 spiro atoms. The number of benzene rings is 2. The summed E-state index contributed by atoms with van der Waals surface area (Å²) in [7, 11) is 3.92. The first-order chi connectivity index (χ1) is 12.5. The average molecular weight is 354 g/mol. The molecular weight excluding hydrogens is 327 g/mol. The minimum atomic E-state index is -0.247. The maximum atomic E-state index is 13.1. The van der Waals surface area contributed by atoms with Crippen LogP contribution in [-0.4, -0.2) is 31.4 Å². The molecular formula is C22H27FN2O. The lowest BCUT2D eigenvalue weighted by Crippen LogP contribution is -2.35. The van der Waals surface area contributed by atoms with Crippen molar-refractivity contribution in [3.63, 3.8) is 0 Å². The molecule has 0 saturated heterocycles. The Bertz CT molecular complexity index is 755. The lowest BCUT2D eigenvalue weighted by molar-refractivity contribution is -0.120. The number of amides is 1. The van der Waals surface area contributed by atoms with Gasteiger partial charge in [-0.25, -0.2) is 4.39 Å². The predicted molar refractivity (Wildman–Crippen MR) is 103 cm³/mol. The Morgan fingerprint density at radius 1 is 1.08 bits per heavy atom. The van der Waals surface area contributed by atoms with E-state index < -0.39 is 0 Å². The molecule has 3 nitrogen and oxygen atoms in total. The average Bonchev–Trinajstić information content (AvgIpc) is 2.63. The number of halogens is 1. The topological polar surface area (TPSA) is 32.3 Å². The van der Waals surface area contributed by atoms with Gasteiger partial charge in [0.2, 0.25) is 5.91 Å². The monoisotopic (exact) mass is 354 g/mol. The van der Waals surface area contributed by atoms with Gasteiger partial charge in [0.1, 0.15) is 5.82 Å². The first kappa shape index (κ1) is 18.6. The number of nitrogens with zero attached hydrogens (tertiary/aromatic N) is 1. The van der Waals surface area contributed by atoms with Crippen molar-refractivity contribution < 1.29 is 9.18 Å². The lowest BCUT2D eigenvalue weighted by atomic mass is 9.90. The minimum Gasteiger partial charge on any atom is -0.354 e. The van der Waals surface area contributed by atoms with E-state index in [1.54, 1.807) is 12.1 Å². The van der Waals surface area contributed by atoms with E-state index in [9.17, 15) is 9.18 Å². The number of likely N-dealkylation sites (N-methyl/N-ethyl adjacent to an activating group) is 1. The zero-order valence-corrected chi connectivity index (χ0v) is 15.6. The van der Waals surface area contributed by atoms with Crippen molar-refractivity contribution in [3.05, 3.63) is 70.5 Å². The third-order valence-electron chi connectivity index (χ3n) is 5.15. The number of carbonyl (C=O) groups is 1. The van der Waals surface area contributed by atoms with Crippen molar-refractivity contribution in [1.29, 1.82) is 0 Å². The quantitative estimate of drug-likeness (QED) is 0.858. The summed E-state index contributed by atoms with van der Waals surface area (Å²) >= 11 is 0. The van der Waals surface area contributed by atoms with Crippen LogP contribution in [0.4, 0.5) is 4.39 Å². The van der Waals surface area contributed by atoms with E-state index in [2.05, 4.69) is 23.5 Å². The first-order valence-corrected chi connectivity index (χ1v) is 9.32. The molecule has 1 amide bonds. The van der Waals surface area contributed by atoms with Crippen LogP contribution in [0.2, 0.25) is 0 Å². The molecule has 0 radical (unpaired) electrons. The van der Waals surface area contributed by atoms with E-state index in [0.717, 1.165) is 24.0 Å². The van der Waals surface area contributed by atoms with Crippen molar-refractivity contribution in [1.82, 2.24) is 10.2 Å². The molecule has 2 aromatic rings. The molecule has 1 atom stereocenters. The Morgan fingerprint density at radius 3 is 2.46 bits per heavy atom. The van der Waals surface area contributed by atoms with Crippen LogP contribution in [0.3, 0.4) is 0 Å². The SMILES string of the molecule is CN(C)C(CNC(=O)Cc1ccc2c(c1)CCCC2)c1ccc(F)cc1. The van der Waals surface area contributed by atoms with Crippen LogP contribution in [0.1, 0.15) is 41.1 Å². The highest BCUT2D eigenvalue weighted by atomic mass is 19.1. The second kappa shape index (κ2) is 8.45. The highest BCUT2D eigenvalue weighted by molar-refractivity contribution is 5.78. The molecule has 26 heavy (non-hydrogen) atoms. The van der Waals surface area contributed by atoms with Gasteiger partial charge in [-0.2, -0.15) is 0 Å². The van der Waals surface area contributed by atoms with Crippen molar-refractivity contribution in [3.8, 4) is 0 Å². The lowest BCUT2D eigenvalue weighted by Gasteiger charge is -2.25. The first-order valence-electron chi connectivity index (χ1n) is 9.32. The number of hydrogen-bond donors (Lipinski definition) is 1. The van der Waals surface area contributed by atoms with E-state index in [1.165, 1.54) is 36.1 Å². The molecule has 1 aliphatic rings. The molecule has 4 heteroatoms. The molecule has 0 heterocycles. The minimum absolute atomic E-state index is 0.0167. The summed E-state index contributed by atoms with van der Waals surface area (Å²) in [5, 5.41) is 3.03. The summed E-state index contributed by atoms with van der Waals surface area (Å²) in [5.74, 6) is -0.225. The highest BCUT2D eigenvalue weighted by Gasteiger charge is 2.16. The smallest absolute Gasteiger partial charge is 0.224 e. The number of fused-ring (bicyclic) bond motifs is 1. The van der Waals surface area contributed by atoms with Gasteiger partial charge in [-0.15, -0.1) is 0 Å².